The molecule has 10 heteroatoms. The Morgan fingerprint density at radius 3 is 2.05 bits per heavy atom. The maximum absolute atomic E-state index is 13.9. The Morgan fingerprint density at radius 2 is 1.45 bits per heavy atom. The number of esters is 2. The first-order chi connectivity index (χ1) is 21.2. The normalized spacial score (nSPS) is 15.6. The van der Waals surface area contributed by atoms with E-state index in [1.807, 2.05) is 0 Å². The standard InChI is InChI=1S/C34H37N3O7/c1-22(2)29(36-30(38)24-11-6-4-7-12-24)31(39)35-27(32(40)37-20-10-15-28(37)34(42)43-3)21-23-16-18-26(19-17-23)44-33(41)25-13-8-5-9-14-25/h4-9,11-14,16-19,22,27-29H,10,15,20-21H2,1-3H3,(H,35,39)(H,36,38). The summed E-state index contributed by atoms with van der Waals surface area (Å²) in [4.78, 5) is 66.7. The van der Waals surface area contributed by atoms with Crippen molar-refractivity contribution in [2.45, 2.75) is 51.2 Å². The smallest absolute Gasteiger partial charge is 0.343 e. The maximum atomic E-state index is 13.9. The van der Waals surface area contributed by atoms with Crippen molar-refractivity contribution in [3.05, 3.63) is 102 Å². The lowest BCUT2D eigenvalue weighted by atomic mass is 10.00. The van der Waals surface area contributed by atoms with Gasteiger partial charge < -0.3 is 25.0 Å². The van der Waals surface area contributed by atoms with Gasteiger partial charge in [-0.15, -0.1) is 0 Å². The van der Waals surface area contributed by atoms with E-state index < -0.39 is 47.8 Å². The molecule has 0 saturated carbocycles. The third kappa shape index (κ3) is 8.09. The van der Waals surface area contributed by atoms with Crippen LogP contribution >= 0.6 is 0 Å². The first-order valence-electron chi connectivity index (χ1n) is 14.6. The highest BCUT2D eigenvalue weighted by atomic mass is 16.5. The van der Waals surface area contributed by atoms with Gasteiger partial charge in [0.05, 0.1) is 12.7 Å². The fraction of sp³-hybridized carbons (Fsp3) is 0.324. The van der Waals surface area contributed by atoms with Gasteiger partial charge in [0.1, 0.15) is 23.9 Å². The molecule has 44 heavy (non-hydrogen) atoms. The lowest BCUT2D eigenvalue weighted by Gasteiger charge is -2.30. The third-order valence-corrected chi connectivity index (χ3v) is 7.48. The third-order valence-electron chi connectivity index (χ3n) is 7.48. The number of carbonyl (C=O) groups excluding carboxylic acids is 5. The lowest BCUT2D eigenvalue weighted by Crippen LogP contribution is -2.57. The summed E-state index contributed by atoms with van der Waals surface area (Å²) in [7, 11) is 1.28. The molecule has 1 saturated heterocycles. The van der Waals surface area contributed by atoms with Gasteiger partial charge in [-0.1, -0.05) is 62.4 Å². The summed E-state index contributed by atoms with van der Waals surface area (Å²) < 4.78 is 10.4. The molecule has 4 rings (SSSR count). The molecule has 2 N–H and O–H groups in total. The minimum atomic E-state index is -1.04. The van der Waals surface area contributed by atoms with Crippen LogP contribution < -0.4 is 15.4 Å². The minimum Gasteiger partial charge on any atom is -0.467 e. The minimum absolute atomic E-state index is 0.0966. The van der Waals surface area contributed by atoms with Crippen LogP contribution in [-0.4, -0.2) is 66.3 Å². The van der Waals surface area contributed by atoms with Crippen LogP contribution in [0, 0.1) is 5.92 Å². The molecule has 1 aliphatic rings. The van der Waals surface area contributed by atoms with E-state index >= 15 is 0 Å². The van der Waals surface area contributed by atoms with Gasteiger partial charge in [-0.05, 0) is 60.7 Å². The Labute approximate surface area is 256 Å². The number of rotatable bonds is 11. The molecule has 0 radical (unpaired) electrons. The monoisotopic (exact) mass is 599 g/mol. The SMILES string of the molecule is COC(=O)C1CCCN1C(=O)C(Cc1ccc(OC(=O)c2ccccc2)cc1)NC(=O)C(NC(=O)c1ccccc1)C(C)C. The highest BCUT2D eigenvalue weighted by Gasteiger charge is 2.39. The fourth-order valence-corrected chi connectivity index (χ4v) is 5.09. The van der Waals surface area contributed by atoms with Crippen molar-refractivity contribution in [2.75, 3.05) is 13.7 Å². The van der Waals surface area contributed by atoms with Crippen LogP contribution in [0.25, 0.3) is 0 Å². The zero-order chi connectivity index (χ0) is 31.6. The summed E-state index contributed by atoms with van der Waals surface area (Å²) in [5.74, 6) is -2.34. The number of likely N-dealkylation sites (tertiary alicyclic amines) is 1. The van der Waals surface area contributed by atoms with Crippen molar-refractivity contribution in [3.8, 4) is 5.75 Å². The van der Waals surface area contributed by atoms with Crippen LogP contribution in [0.5, 0.6) is 5.75 Å². The quantitative estimate of drug-likeness (QED) is 0.255. The Hall–Kier alpha value is -4.99. The Kier molecular flexibility index (Phi) is 10.9. The van der Waals surface area contributed by atoms with Crippen LogP contribution in [0.3, 0.4) is 0 Å². The van der Waals surface area contributed by atoms with Crippen molar-refractivity contribution in [2.24, 2.45) is 5.92 Å². The van der Waals surface area contributed by atoms with Gasteiger partial charge in [-0.25, -0.2) is 9.59 Å². The van der Waals surface area contributed by atoms with Crippen molar-refractivity contribution >= 4 is 29.7 Å². The number of methoxy groups -OCH3 is 1. The summed E-state index contributed by atoms with van der Waals surface area (Å²) in [5, 5.41) is 5.63. The van der Waals surface area contributed by atoms with Crippen molar-refractivity contribution in [1.82, 2.24) is 15.5 Å². The molecule has 0 bridgehead atoms. The molecule has 1 fully saturated rings. The van der Waals surface area contributed by atoms with Crippen molar-refractivity contribution in [1.29, 1.82) is 0 Å². The van der Waals surface area contributed by atoms with Gasteiger partial charge in [0.25, 0.3) is 5.91 Å². The summed E-state index contributed by atoms with van der Waals surface area (Å²) in [6.07, 6.45) is 1.18. The second-order valence-electron chi connectivity index (χ2n) is 10.9. The highest BCUT2D eigenvalue weighted by molar-refractivity contribution is 5.99. The molecule has 1 heterocycles. The number of amides is 3. The molecule has 3 aromatic rings. The van der Waals surface area contributed by atoms with Gasteiger partial charge in [0.2, 0.25) is 11.8 Å². The molecule has 3 amide bonds. The van der Waals surface area contributed by atoms with Crippen LogP contribution in [-0.2, 0) is 25.5 Å². The molecule has 3 unspecified atom stereocenters. The van der Waals surface area contributed by atoms with E-state index in [-0.39, 0.29) is 12.3 Å². The second-order valence-corrected chi connectivity index (χ2v) is 10.9. The Balaban J connectivity index is 1.53. The predicted octanol–water partition coefficient (Wildman–Crippen LogP) is 3.55. The predicted molar refractivity (Wildman–Crippen MR) is 163 cm³/mol. The first kappa shape index (κ1) is 31.9. The number of hydrogen-bond acceptors (Lipinski definition) is 7. The Morgan fingerprint density at radius 1 is 0.841 bits per heavy atom. The average Bonchev–Trinajstić information content (AvgIpc) is 3.54. The van der Waals surface area contributed by atoms with Crippen molar-refractivity contribution in [3.63, 3.8) is 0 Å². The fourth-order valence-electron chi connectivity index (χ4n) is 5.09. The van der Waals surface area contributed by atoms with Gasteiger partial charge in [0, 0.05) is 18.5 Å². The lowest BCUT2D eigenvalue weighted by molar-refractivity contribution is -0.151. The van der Waals surface area contributed by atoms with Crippen LogP contribution in [0.1, 0.15) is 53.0 Å². The maximum Gasteiger partial charge on any atom is 0.343 e. The number of benzene rings is 3. The van der Waals surface area contributed by atoms with Crippen LogP contribution in [0.2, 0.25) is 0 Å². The summed E-state index contributed by atoms with van der Waals surface area (Å²) in [6.45, 7) is 3.95. The highest BCUT2D eigenvalue weighted by Crippen LogP contribution is 2.22. The summed E-state index contributed by atoms with van der Waals surface area (Å²) in [6, 6.07) is 21.1. The number of hydrogen-bond donors (Lipinski definition) is 2. The number of nitrogens with one attached hydrogen (secondary N) is 2. The van der Waals surface area contributed by atoms with E-state index in [9.17, 15) is 24.0 Å². The van der Waals surface area contributed by atoms with Crippen LogP contribution in [0.4, 0.5) is 0 Å². The van der Waals surface area contributed by atoms with E-state index in [1.165, 1.54) is 12.0 Å². The molecule has 3 atom stereocenters. The molecule has 0 spiro atoms. The Bertz CT molecular complexity index is 1460. The molecule has 0 aromatic heterocycles. The molecule has 3 aromatic carbocycles. The largest absolute Gasteiger partial charge is 0.467 e. The molecular weight excluding hydrogens is 562 g/mol. The topological polar surface area (TPSA) is 131 Å². The van der Waals surface area contributed by atoms with Gasteiger partial charge in [-0.2, -0.15) is 0 Å². The first-order valence-corrected chi connectivity index (χ1v) is 14.6. The van der Waals surface area contributed by atoms with Gasteiger partial charge >= 0.3 is 11.9 Å². The van der Waals surface area contributed by atoms with Gasteiger partial charge in [0.15, 0.2) is 0 Å². The zero-order valence-electron chi connectivity index (χ0n) is 25.0. The molecule has 230 valence electrons. The van der Waals surface area contributed by atoms with Gasteiger partial charge in [-0.3, -0.25) is 14.4 Å². The number of carbonyl (C=O) groups is 5. The number of ether oxygens (including phenoxy) is 2. The van der Waals surface area contributed by atoms with E-state index in [1.54, 1.807) is 98.8 Å². The van der Waals surface area contributed by atoms with E-state index in [2.05, 4.69) is 10.6 Å². The summed E-state index contributed by atoms with van der Waals surface area (Å²) in [5.41, 5.74) is 1.51. The zero-order valence-corrected chi connectivity index (χ0v) is 25.0. The average molecular weight is 600 g/mol. The van der Waals surface area contributed by atoms with Crippen molar-refractivity contribution < 1.29 is 33.4 Å². The number of nitrogens with zero attached hydrogens (tertiary/aromatic N) is 1. The molecule has 10 nitrogen and oxygen atoms in total. The summed E-state index contributed by atoms with van der Waals surface area (Å²) >= 11 is 0. The molecular formula is C34H37N3O7. The van der Waals surface area contributed by atoms with E-state index in [0.717, 1.165) is 0 Å². The van der Waals surface area contributed by atoms with E-state index in [0.29, 0.717) is 41.8 Å². The van der Waals surface area contributed by atoms with Crippen LogP contribution in [0.15, 0.2) is 84.9 Å². The molecule has 0 aliphatic carbocycles. The van der Waals surface area contributed by atoms with E-state index in [4.69, 9.17) is 9.47 Å². The second kappa shape index (κ2) is 15.0. The molecule has 1 aliphatic heterocycles.